The van der Waals surface area contributed by atoms with E-state index in [-0.39, 0.29) is 12.1 Å². The van der Waals surface area contributed by atoms with E-state index in [1.165, 1.54) is 0 Å². The SMILES string of the molecule is O=C(O)C(F)(CCCCc1ccccc1)CC(=NO)c1ccc(-c2ccc(Cl)cc2)cc1. The maximum absolute atomic E-state index is 15.3. The number of hydrogen-bond acceptors (Lipinski definition) is 3. The van der Waals surface area contributed by atoms with E-state index in [0.29, 0.717) is 23.4 Å². The van der Waals surface area contributed by atoms with Crippen molar-refractivity contribution in [2.24, 2.45) is 5.16 Å². The lowest BCUT2D eigenvalue weighted by molar-refractivity contribution is -0.151. The minimum absolute atomic E-state index is 0.000570. The Labute approximate surface area is 192 Å². The quantitative estimate of drug-likeness (QED) is 0.154. The lowest BCUT2D eigenvalue weighted by Crippen LogP contribution is -2.36. The van der Waals surface area contributed by atoms with Crippen molar-refractivity contribution in [1.82, 2.24) is 0 Å². The summed E-state index contributed by atoms with van der Waals surface area (Å²) in [4.78, 5) is 11.7. The number of hydrogen-bond donors (Lipinski definition) is 2. The van der Waals surface area contributed by atoms with Crippen molar-refractivity contribution >= 4 is 23.3 Å². The highest BCUT2D eigenvalue weighted by atomic mass is 35.5. The van der Waals surface area contributed by atoms with Crippen LogP contribution in [0.25, 0.3) is 11.1 Å². The average Bonchev–Trinajstić information content (AvgIpc) is 2.81. The molecule has 0 heterocycles. The van der Waals surface area contributed by atoms with Crippen LogP contribution in [0.5, 0.6) is 0 Å². The Balaban J connectivity index is 1.65. The van der Waals surface area contributed by atoms with Crippen molar-refractivity contribution < 1.29 is 19.5 Å². The molecule has 0 amide bonds. The van der Waals surface area contributed by atoms with Gasteiger partial charge < -0.3 is 10.3 Å². The van der Waals surface area contributed by atoms with Crippen LogP contribution in [0.3, 0.4) is 0 Å². The Morgan fingerprint density at radius 3 is 2.06 bits per heavy atom. The first-order valence-corrected chi connectivity index (χ1v) is 10.8. The molecule has 1 unspecified atom stereocenters. The third kappa shape index (κ3) is 6.17. The van der Waals surface area contributed by atoms with Crippen molar-refractivity contribution in [2.45, 2.75) is 37.8 Å². The van der Waals surface area contributed by atoms with Gasteiger partial charge in [-0.3, -0.25) is 0 Å². The van der Waals surface area contributed by atoms with Gasteiger partial charge in [-0.1, -0.05) is 83.5 Å². The molecule has 0 radical (unpaired) electrons. The first-order chi connectivity index (χ1) is 15.4. The zero-order chi connectivity index (χ0) is 23.0. The van der Waals surface area contributed by atoms with Crippen molar-refractivity contribution in [1.29, 1.82) is 0 Å². The van der Waals surface area contributed by atoms with Crippen LogP contribution in [-0.2, 0) is 11.2 Å². The minimum atomic E-state index is -2.51. The van der Waals surface area contributed by atoms with E-state index < -0.39 is 18.1 Å². The van der Waals surface area contributed by atoms with E-state index in [9.17, 15) is 15.1 Å². The van der Waals surface area contributed by atoms with Gasteiger partial charge in [0.25, 0.3) is 0 Å². The van der Waals surface area contributed by atoms with Crippen LogP contribution in [0, 0.1) is 0 Å². The lowest BCUT2D eigenvalue weighted by atomic mass is 9.89. The molecule has 0 saturated carbocycles. The Morgan fingerprint density at radius 2 is 1.50 bits per heavy atom. The van der Waals surface area contributed by atoms with Crippen LogP contribution >= 0.6 is 11.6 Å². The van der Waals surface area contributed by atoms with Crippen LogP contribution in [0.1, 0.15) is 36.8 Å². The first kappa shape index (κ1) is 23.5. The molecule has 32 heavy (non-hydrogen) atoms. The summed E-state index contributed by atoms with van der Waals surface area (Å²) in [5.41, 5.74) is 0.956. The summed E-state index contributed by atoms with van der Waals surface area (Å²) in [6, 6.07) is 24.1. The third-order valence-corrected chi connectivity index (χ3v) is 5.73. The van der Waals surface area contributed by atoms with Crippen molar-refractivity contribution in [2.75, 3.05) is 0 Å². The Kier molecular flexibility index (Phi) is 8.01. The molecule has 0 bridgehead atoms. The molecule has 166 valence electrons. The average molecular weight is 454 g/mol. The number of halogens is 2. The largest absolute Gasteiger partial charge is 0.479 e. The highest BCUT2D eigenvalue weighted by Gasteiger charge is 2.40. The molecule has 0 aliphatic rings. The minimum Gasteiger partial charge on any atom is -0.479 e. The number of oxime groups is 1. The molecule has 2 N–H and O–H groups in total. The fraction of sp³-hybridized carbons (Fsp3) is 0.231. The van der Waals surface area contributed by atoms with Gasteiger partial charge in [0.15, 0.2) is 0 Å². The summed E-state index contributed by atoms with van der Waals surface area (Å²) in [5.74, 6) is -1.55. The van der Waals surface area contributed by atoms with E-state index in [2.05, 4.69) is 5.16 Å². The standard InChI is InChI=1S/C26H25ClFNO3/c27-23-15-13-21(14-16-23)20-9-11-22(12-10-20)24(29-32)18-26(28,25(30)31)17-5-4-8-19-6-2-1-3-7-19/h1-3,6-7,9-16,32H,4-5,8,17-18H2,(H,30,31). The van der Waals surface area contributed by atoms with E-state index in [4.69, 9.17) is 11.6 Å². The molecule has 4 nitrogen and oxygen atoms in total. The predicted octanol–water partition coefficient (Wildman–Crippen LogP) is 6.78. The zero-order valence-corrected chi connectivity index (χ0v) is 18.3. The highest BCUT2D eigenvalue weighted by molar-refractivity contribution is 6.30. The summed E-state index contributed by atoms with van der Waals surface area (Å²) in [6.07, 6.45) is 1.17. The molecule has 0 saturated heterocycles. The molecule has 6 heteroatoms. The van der Waals surface area contributed by atoms with E-state index in [1.807, 2.05) is 54.6 Å². The number of rotatable bonds is 10. The predicted molar refractivity (Wildman–Crippen MR) is 125 cm³/mol. The number of carboxylic acid groups (broad SMARTS) is 1. The first-order valence-electron chi connectivity index (χ1n) is 10.4. The molecule has 0 fully saturated rings. The van der Waals surface area contributed by atoms with Gasteiger partial charge in [-0.2, -0.15) is 0 Å². The summed E-state index contributed by atoms with van der Waals surface area (Å²) in [5, 5.41) is 22.9. The molecule has 0 aliphatic heterocycles. The number of unbranched alkanes of at least 4 members (excludes halogenated alkanes) is 1. The van der Waals surface area contributed by atoms with Gasteiger partial charge in [-0.25, -0.2) is 9.18 Å². The van der Waals surface area contributed by atoms with Gasteiger partial charge in [0.05, 0.1) is 5.71 Å². The topological polar surface area (TPSA) is 69.9 Å². The van der Waals surface area contributed by atoms with Gasteiger partial charge >= 0.3 is 5.97 Å². The second-order valence-electron chi connectivity index (χ2n) is 7.77. The Morgan fingerprint density at radius 1 is 0.906 bits per heavy atom. The van der Waals surface area contributed by atoms with Crippen LogP contribution in [0.4, 0.5) is 4.39 Å². The van der Waals surface area contributed by atoms with Crippen LogP contribution < -0.4 is 0 Å². The van der Waals surface area contributed by atoms with Gasteiger partial charge in [0.1, 0.15) is 0 Å². The van der Waals surface area contributed by atoms with Crippen LogP contribution in [0.15, 0.2) is 84.0 Å². The number of aliphatic carboxylic acids is 1. The summed E-state index contributed by atoms with van der Waals surface area (Å²) >= 11 is 5.92. The van der Waals surface area contributed by atoms with Gasteiger partial charge in [0, 0.05) is 11.4 Å². The number of alkyl halides is 1. The summed E-state index contributed by atoms with van der Waals surface area (Å²) < 4.78 is 15.3. The molecule has 3 aromatic carbocycles. The fourth-order valence-electron chi connectivity index (χ4n) is 3.61. The summed E-state index contributed by atoms with van der Waals surface area (Å²) in [6.45, 7) is 0. The normalized spacial score (nSPS) is 13.5. The second kappa shape index (κ2) is 10.9. The number of nitrogens with zero attached hydrogens (tertiary/aromatic N) is 1. The van der Waals surface area contributed by atoms with Crippen LogP contribution in [0.2, 0.25) is 5.02 Å². The van der Waals surface area contributed by atoms with E-state index in [0.717, 1.165) is 23.1 Å². The maximum atomic E-state index is 15.3. The van der Waals surface area contributed by atoms with Gasteiger partial charge in [-0.15, -0.1) is 0 Å². The number of benzene rings is 3. The van der Waals surface area contributed by atoms with E-state index >= 15 is 4.39 Å². The molecule has 0 aromatic heterocycles. The smallest absolute Gasteiger partial charge is 0.341 e. The molecular weight excluding hydrogens is 429 g/mol. The number of carboxylic acids is 1. The van der Waals surface area contributed by atoms with Crippen molar-refractivity contribution in [3.8, 4) is 11.1 Å². The van der Waals surface area contributed by atoms with E-state index in [1.54, 1.807) is 24.3 Å². The van der Waals surface area contributed by atoms with Crippen molar-refractivity contribution in [3.05, 3.63) is 95.0 Å². The third-order valence-electron chi connectivity index (χ3n) is 5.48. The molecular formula is C26H25ClFNO3. The second-order valence-corrected chi connectivity index (χ2v) is 8.21. The fourth-order valence-corrected chi connectivity index (χ4v) is 3.73. The van der Waals surface area contributed by atoms with Gasteiger partial charge in [-0.05, 0) is 60.1 Å². The Bertz CT molecular complexity index is 1050. The molecule has 3 rings (SSSR count). The monoisotopic (exact) mass is 453 g/mol. The maximum Gasteiger partial charge on any atom is 0.341 e. The number of carbonyl (C=O) groups is 1. The Hall–Kier alpha value is -3.18. The lowest BCUT2D eigenvalue weighted by Gasteiger charge is -2.21. The molecule has 0 spiro atoms. The molecule has 1 atom stereocenters. The molecule has 3 aromatic rings. The molecule has 0 aliphatic carbocycles. The van der Waals surface area contributed by atoms with Crippen LogP contribution in [-0.4, -0.2) is 27.7 Å². The van der Waals surface area contributed by atoms with Crippen molar-refractivity contribution in [3.63, 3.8) is 0 Å². The summed E-state index contributed by atoms with van der Waals surface area (Å²) in [7, 11) is 0. The zero-order valence-electron chi connectivity index (χ0n) is 17.5. The number of aryl methyl sites for hydroxylation is 1. The highest BCUT2D eigenvalue weighted by Crippen LogP contribution is 2.28. The van der Waals surface area contributed by atoms with Gasteiger partial charge in [0.2, 0.25) is 5.67 Å².